The highest BCUT2D eigenvalue weighted by molar-refractivity contribution is 6.00. The maximum absolute atomic E-state index is 14.2. The predicted molar refractivity (Wildman–Crippen MR) is 61.1 cm³/mol. The van der Waals surface area contributed by atoms with Crippen LogP contribution in [0.1, 0.15) is 0 Å². The lowest BCUT2D eigenvalue weighted by Gasteiger charge is -2.11. The highest BCUT2D eigenvalue weighted by atomic mass is 19.2. The number of fused-ring (bicyclic) bond motifs is 2. The molecule has 3 aromatic carbocycles. The summed E-state index contributed by atoms with van der Waals surface area (Å²) in [6, 6.07) is 0.419. The number of halogens is 8. The minimum atomic E-state index is -2.34. The van der Waals surface area contributed by atoms with Gasteiger partial charge in [-0.05, 0) is 12.1 Å². The minimum absolute atomic E-state index is 0.209. The van der Waals surface area contributed by atoms with Crippen molar-refractivity contribution >= 4 is 21.5 Å². The second kappa shape index (κ2) is 4.56. The highest BCUT2D eigenvalue weighted by Crippen LogP contribution is 2.36. The Morgan fingerprint density at radius 3 is 1.05 bits per heavy atom. The van der Waals surface area contributed by atoms with Crippen molar-refractivity contribution in [3.05, 3.63) is 58.7 Å². The summed E-state index contributed by atoms with van der Waals surface area (Å²) in [4.78, 5) is 0. The maximum atomic E-state index is 14.2. The molecular weight excluding hydrogens is 320 g/mol. The van der Waals surface area contributed by atoms with Gasteiger partial charge in [0.2, 0.25) is 0 Å². The molecule has 0 aliphatic rings. The van der Waals surface area contributed by atoms with Gasteiger partial charge in [0, 0.05) is 10.8 Å². The molecule has 3 aromatic rings. The van der Waals surface area contributed by atoms with Crippen LogP contribution in [0.25, 0.3) is 21.5 Å². The van der Waals surface area contributed by atoms with Crippen molar-refractivity contribution in [2.75, 3.05) is 0 Å². The zero-order chi connectivity index (χ0) is 16.3. The molecule has 22 heavy (non-hydrogen) atoms. The summed E-state index contributed by atoms with van der Waals surface area (Å²) >= 11 is 0. The Labute approximate surface area is 116 Å². The normalized spacial score (nSPS) is 11.6. The fourth-order valence-electron chi connectivity index (χ4n) is 2.22. The van der Waals surface area contributed by atoms with Crippen molar-refractivity contribution in [2.45, 2.75) is 0 Å². The molecule has 0 unspecified atom stereocenters. The summed E-state index contributed by atoms with van der Waals surface area (Å²) < 4.78 is 108. The van der Waals surface area contributed by atoms with Crippen LogP contribution in [0.5, 0.6) is 0 Å². The van der Waals surface area contributed by atoms with E-state index >= 15 is 0 Å². The highest BCUT2D eigenvalue weighted by Gasteiger charge is 2.28. The van der Waals surface area contributed by atoms with Gasteiger partial charge in [0.25, 0.3) is 0 Å². The van der Waals surface area contributed by atoms with Gasteiger partial charge in [-0.15, -0.1) is 0 Å². The molecule has 0 aliphatic carbocycles. The molecule has 0 saturated heterocycles. The molecular formula is C14H2F8. The summed E-state index contributed by atoms with van der Waals surface area (Å²) in [5, 5.41) is -4.92. The molecule has 0 spiro atoms. The quantitative estimate of drug-likeness (QED) is 0.234. The van der Waals surface area contributed by atoms with Crippen LogP contribution >= 0.6 is 0 Å². The van der Waals surface area contributed by atoms with E-state index in [-0.39, 0.29) is 12.1 Å². The predicted octanol–water partition coefficient (Wildman–Crippen LogP) is 5.11. The maximum Gasteiger partial charge on any atom is 0.198 e. The van der Waals surface area contributed by atoms with Gasteiger partial charge in [-0.1, -0.05) is 0 Å². The molecule has 0 aromatic heterocycles. The van der Waals surface area contributed by atoms with Crippen molar-refractivity contribution in [2.24, 2.45) is 0 Å². The van der Waals surface area contributed by atoms with Crippen LogP contribution in [0.4, 0.5) is 35.1 Å². The average Bonchev–Trinajstić information content (AvgIpc) is 2.48. The van der Waals surface area contributed by atoms with Gasteiger partial charge in [-0.2, -0.15) is 0 Å². The monoisotopic (exact) mass is 322 g/mol. The molecule has 0 nitrogen and oxygen atoms in total. The van der Waals surface area contributed by atoms with E-state index in [1.807, 2.05) is 0 Å². The molecule has 0 saturated carbocycles. The Balaban J connectivity index is 2.72. The van der Waals surface area contributed by atoms with Crippen molar-refractivity contribution in [3.63, 3.8) is 0 Å². The van der Waals surface area contributed by atoms with Gasteiger partial charge in [0.15, 0.2) is 34.9 Å². The van der Waals surface area contributed by atoms with E-state index in [1.165, 1.54) is 0 Å². The first kappa shape index (κ1) is 14.6. The first-order valence-electron chi connectivity index (χ1n) is 5.67. The summed E-state index contributed by atoms with van der Waals surface area (Å²) in [6.07, 6.45) is 0. The lowest BCUT2D eigenvalue weighted by atomic mass is 10.00. The van der Waals surface area contributed by atoms with Gasteiger partial charge in [0.1, 0.15) is 11.6 Å². The van der Waals surface area contributed by atoms with Gasteiger partial charge >= 0.3 is 0 Å². The Morgan fingerprint density at radius 1 is 0.409 bits per heavy atom. The number of benzene rings is 3. The van der Waals surface area contributed by atoms with Crippen LogP contribution in [0.2, 0.25) is 0 Å². The fraction of sp³-hybridized carbons (Fsp3) is 0. The number of hydrogen-bond donors (Lipinski definition) is 0. The van der Waals surface area contributed by atoms with Crippen LogP contribution in [0.3, 0.4) is 0 Å². The Hall–Kier alpha value is -2.38. The summed E-state index contributed by atoms with van der Waals surface area (Å²) in [7, 11) is 0. The molecule has 8 heteroatoms. The molecule has 0 aliphatic heterocycles. The average molecular weight is 322 g/mol. The van der Waals surface area contributed by atoms with E-state index in [0.29, 0.717) is 0 Å². The lowest BCUT2D eigenvalue weighted by Crippen LogP contribution is -2.03. The largest absolute Gasteiger partial charge is 0.206 e. The molecule has 0 fully saturated rings. The van der Waals surface area contributed by atoms with Gasteiger partial charge in [0.05, 0.1) is 10.8 Å². The smallest absolute Gasteiger partial charge is 0.198 e. The Kier molecular flexibility index (Phi) is 3.01. The van der Waals surface area contributed by atoms with E-state index < -0.39 is 68.1 Å². The molecule has 0 amide bonds. The first-order valence-corrected chi connectivity index (χ1v) is 5.67. The number of hydrogen-bond acceptors (Lipinski definition) is 0. The zero-order valence-corrected chi connectivity index (χ0v) is 10.2. The Bertz CT molecular complexity index is 883. The van der Waals surface area contributed by atoms with E-state index in [0.717, 1.165) is 0 Å². The first-order chi connectivity index (χ1) is 10.3. The third kappa shape index (κ3) is 1.69. The van der Waals surface area contributed by atoms with E-state index in [2.05, 4.69) is 0 Å². The summed E-state index contributed by atoms with van der Waals surface area (Å²) in [5.41, 5.74) is 0. The van der Waals surface area contributed by atoms with E-state index in [1.54, 1.807) is 0 Å². The molecule has 0 heterocycles. The third-order valence-electron chi connectivity index (χ3n) is 3.24. The van der Waals surface area contributed by atoms with Crippen molar-refractivity contribution < 1.29 is 35.1 Å². The number of rotatable bonds is 0. The van der Waals surface area contributed by atoms with Crippen LogP contribution in [0.15, 0.2) is 12.1 Å². The topological polar surface area (TPSA) is 0 Å². The van der Waals surface area contributed by atoms with Crippen LogP contribution in [0, 0.1) is 46.5 Å². The zero-order valence-electron chi connectivity index (χ0n) is 10.2. The standard InChI is InChI=1S/C14H2F8/c15-5-1-3-4(2-6(5)16)10(18)8-7(9(3)17)11(19)13(21)14(22)12(8)20/h1-2H. The van der Waals surface area contributed by atoms with Crippen molar-refractivity contribution in [1.82, 2.24) is 0 Å². The third-order valence-corrected chi connectivity index (χ3v) is 3.24. The van der Waals surface area contributed by atoms with E-state index in [4.69, 9.17) is 0 Å². The second-order valence-corrected chi connectivity index (χ2v) is 4.45. The fourth-order valence-corrected chi connectivity index (χ4v) is 2.22. The second-order valence-electron chi connectivity index (χ2n) is 4.45. The molecule has 0 bridgehead atoms. The Morgan fingerprint density at radius 2 is 0.727 bits per heavy atom. The van der Waals surface area contributed by atoms with Gasteiger partial charge in [-0.25, -0.2) is 35.1 Å². The molecule has 0 atom stereocenters. The van der Waals surface area contributed by atoms with E-state index in [9.17, 15) is 35.1 Å². The molecule has 114 valence electrons. The summed E-state index contributed by atoms with van der Waals surface area (Å²) in [6.45, 7) is 0. The SMILES string of the molecule is Fc1cc2c(F)c3c(F)c(F)c(F)c(F)c3c(F)c2cc1F. The van der Waals surface area contributed by atoms with Gasteiger partial charge in [-0.3, -0.25) is 0 Å². The summed E-state index contributed by atoms with van der Waals surface area (Å²) in [5.74, 6) is -15.6. The van der Waals surface area contributed by atoms with Gasteiger partial charge < -0.3 is 0 Å². The molecule has 0 N–H and O–H groups in total. The lowest BCUT2D eigenvalue weighted by molar-refractivity contribution is 0.415. The van der Waals surface area contributed by atoms with Crippen LogP contribution in [-0.4, -0.2) is 0 Å². The van der Waals surface area contributed by atoms with Crippen molar-refractivity contribution in [1.29, 1.82) is 0 Å². The van der Waals surface area contributed by atoms with Crippen LogP contribution in [-0.2, 0) is 0 Å². The molecule has 0 radical (unpaired) electrons. The minimum Gasteiger partial charge on any atom is -0.206 e. The molecule has 3 rings (SSSR count). The van der Waals surface area contributed by atoms with Crippen LogP contribution < -0.4 is 0 Å². The van der Waals surface area contributed by atoms with Crippen molar-refractivity contribution in [3.8, 4) is 0 Å².